The maximum atomic E-state index is 11.6. The van der Waals surface area contributed by atoms with Crippen molar-refractivity contribution in [3.05, 3.63) is 12.4 Å². The van der Waals surface area contributed by atoms with Gasteiger partial charge in [0.05, 0.1) is 6.20 Å². The fourth-order valence-corrected chi connectivity index (χ4v) is 1.57. The largest absolute Gasteiger partial charge is 0.339 e. The van der Waals surface area contributed by atoms with Gasteiger partial charge in [-0.2, -0.15) is 0 Å². The monoisotopic (exact) mass is 195 g/mol. The molecule has 1 atom stereocenters. The number of likely N-dealkylation sites (tertiary alicyclic amines) is 1. The van der Waals surface area contributed by atoms with Crippen LogP contribution in [0.4, 0.5) is 0 Å². The zero-order valence-corrected chi connectivity index (χ0v) is 7.83. The van der Waals surface area contributed by atoms with Crippen LogP contribution in [0.25, 0.3) is 0 Å². The Morgan fingerprint density at radius 1 is 1.64 bits per heavy atom. The molecule has 0 radical (unpaired) electrons. The first kappa shape index (κ1) is 9.14. The molecule has 2 rings (SSSR count). The third kappa shape index (κ3) is 1.90. The van der Waals surface area contributed by atoms with Crippen molar-refractivity contribution < 1.29 is 4.79 Å². The lowest BCUT2D eigenvalue weighted by atomic mass is 10.3. The molecule has 1 aromatic heterocycles. The summed E-state index contributed by atoms with van der Waals surface area (Å²) < 4.78 is 1.52. The van der Waals surface area contributed by atoms with E-state index in [-0.39, 0.29) is 18.5 Å². The lowest BCUT2D eigenvalue weighted by molar-refractivity contribution is -0.131. The van der Waals surface area contributed by atoms with Crippen LogP contribution in [-0.4, -0.2) is 44.9 Å². The first-order chi connectivity index (χ1) is 6.75. The quantitative estimate of drug-likeness (QED) is 0.645. The molecule has 0 unspecified atom stereocenters. The minimum Gasteiger partial charge on any atom is -0.339 e. The normalized spacial score (nSPS) is 21.5. The molecule has 1 aliphatic heterocycles. The molecule has 0 spiro atoms. The van der Waals surface area contributed by atoms with Crippen molar-refractivity contribution >= 4 is 5.91 Å². The fourth-order valence-electron chi connectivity index (χ4n) is 1.57. The van der Waals surface area contributed by atoms with E-state index in [9.17, 15) is 4.79 Å². The van der Waals surface area contributed by atoms with Crippen molar-refractivity contribution in [2.24, 2.45) is 5.73 Å². The Kier molecular flexibility index (Phi) is 2.45. The lowest BCUT2D eigenvalue weighted by Gasteiger charge is -2.15. The molecule has 1 aliphatic rings. The predicted molar refractivity (Wildman–Crippen MR) is 49.2 cm³/mol. The summed E-state index contributed by atoms with van der Waals surface area (Å²) in [6, 6.07) is 0.134. The van der Waals surface area contributed by atoms with Crippen molar-refractivity contribution in [3.8, 4) is 0 Å². The maximum absolute atomic E-state index is 11.6. The SMILES string of the molecule is N[C@H]1CCN(C(=O)Cn2ccnn2)C1. The number of amides is 1. The molecule has 0 aliphatic carbocycles. The molecule has 1 saturated heterocycles. The number of carbonyl (C=O) groups is 1. The van der Waals surface area contributed by atoms with Crippen LogP contribution in [-0.2, 0) is 11.3 Å². The predicted octanol–water partition coefficient (Wildman–Crippen LogP) is -1.16. The van der Waals surface area contributed by atoms with Gasteiger partial charge >= 0.3 is 0 Å². The molecule has 1 fully saturated rings. The topological polar surface area (TPSA) is 77.0 Å². The summed E-state index contributed by atoms with van der Waals surface area (Å²) in [4.78, 5) is 13.4. The number of nitrogens with zero attached hydrogens (tertiary/aromatic N) is 4. The molecule has 14 heavy (non-hydrogen) atoms. The average Bonchev–Trinajstić information content (AvgIpc) is 2.75. The number of aromatic nitrogens is 3. The van der Waals surface area contributed by atoms with E-state index in [1.807, 2.05) is 0 Å². The Bertz CT molecular complexity index is 310. The summed E-state index contributed by atoms with van der Waals surface area (Å²) in [5, 5.41) is 7.37. The highest BCUT2D eigenvalue weighted by Gasteiger charge is 2.23. The molecule has 2 heterocycles. The molecule has 1 amide bonds. The number of carbonyl (C=O) groups excluding carboxylic acids is 1. The summed E-state index contributed by atoms with van der Waals surface area (Å²) in [6.07, 6.45) is 4.12. The van der Waals surface area contributed by atoms with Crippen LogP contribution in [0.5, 0.6) is 0 Å². The molecule has 6 nitrogen and oxygen atoms in total. The molecule has 1 aromatic rings. The van der Waals surface area contributed by atoms with Gasteiger partial charge < -0.3 is 10.6 Å². The Labute approximate surface area is 81.7 Å². The minimum absolute atomic E-state index is 0.0588. The molecule has 2 N–H and O–H groups in total. The third-order valence-electron chi connectivity index (χ3n) is 2.35. The van der Waals surface area contributed by atoms with Gasteiger partial charge in [0.25, 0.3) is 0 Å². The molecule has 0 aromatic carbocycles. The van der Waals surface area contributed by atoms with Gasteiger partial charge in [-0.25, -0.2) is 4.68 Å². The molecular weight excluding hydrogens is 182 g/mol. The molecule has 6 heteroatoms. The first-order valence-electron chi connectivity index (χ1n) is 4.63. The second-order valence-electron chi connectivity index (χ2n) is 3.49. The molecule has 0 saturated carbocycles. The first-order valence-corrected chi connectivity index (χ1v) is 4.63. The summed E-state index contributed by atoms with van der Waals surface area (Å²) in [6.45, 7) is 1.68. The zero-order valence-electron chi connectivity index (χ0n) is 7.83. The van der Waals surface area contributed by atoms with Gasteiger partial charge in [0.15, 0.2) is 0 Å². The van der Waals surface area contributed by atoms with Crippen LogP contribution in [0.1, 0.15) is 6.42 Å². The zero-order chi connectivity index (χ0) is 9.97. The van der Waals surface area contributed by atoms with Crippen LogP contribution >= 0.6 is 0 Å². The minimum atomic E-state index is 0.0588. The van der Waals surface area contributed by atoms with E-state index in [2.05, 4.69) is 10.3 Å². The van der Waals surface area contributed by atoms with Gasteiger partial charge in [-0.05, 0) is 6.42 Å². The van der Waals surface area contributed by atoms with Gasteiger partial charge in [0.2, 0.25) is 5.91 Å². The summed E-state index contributed by atoms with van der Waals surface area (Å²) in [7, 11) is 0. The van der Waals surface area contributed by atoms with Crippen LogP contribution in [0.15, 0.2) is 12.4 Å². The molecule has 0 bridgehead atoms. The van der Waals surface area contributed by atoms with Crippen molar-refractivity contribution in [2.75, 3.05) is 13.1 Å². The van der Waals surface area contributed by atoms with Crippen LogP contribution in [0.3, 0.4) is 0 Å². The van der Waals surface area contributed by atoms with Crippen molar-refractivity contribution in [3.63, 3.8) is 0 Å². The Morgan fingerprint density at radius 3 is 3.07 bits per heavy atom. The summed E-state index contributed by atoms with van der Waals surface area (Å²) in [5.74, 6) is 0.0588. The van der Waals surface area contributed by atoms with Gasteiger partial charge in [-0.1, -0.05) is 5.21 Å². The number of nitrogens with two attached hydrogens (primary N) is 1. The lowest BCUT2D eigenvalue weighted by Crippen LogP contribution is -2.34. The average molecular weight is 195 g/mol. The summed E-state index contributed by atoms with van der Waals surface area (Å²) in [5.41, 5.74) is 5.71. The van der Waals surface area contributed by atoms with Gasteiger partial charge in [-0.3, -0.25) is 4.79 Å². The third-order valence-corrected chi connectivity index (χ3v) is 2.35. The number of rotatable bonds is 2. The molecular formula is C8H13N5O. The second-order valence-corrected chi connectivity index (χ2v) is 3.49. The van der Waals surface area contributed by atoms with E-state index in [1.165, 1.54) is 4.68 Å². The Hall–Kier alpha value is -1.43. The highest BCUT2D eigenvalue weighted by atomic mass is 16.2. The van der Waals surface area contributed by atoms with Gasteiger partial charge in [0.1, 0.15) is 6.54 Å². The van der Waals surface area contributed by atoms with E-state index >= 15 is 0 Å². The van der Waals surface area contributed by atoms with E-state index < -0.39 is 0 Å². The number of hydrogen-bond acceptors (Lipinski definition) is 4. The molecule has 76 valence electrons. The maximum Gasteiger partial charge on any atom is 0.244 e. The van der Waals surface area contributed by atoms with Crippen molar-refractivity contribution in [2.45, 2.75) is 19.0 Å². The summed E-state index contributed by atoms with van der Waals surface area (Å²) >= 11 is 0. The second kappa shape index (κ2) is 3.75. The van der Waals surface area contributed by atoms with Crippen molar-refractivity contribution in [1.29, 1.82) is 0 Å². The standard InChI is InChI=1S/C8H13N5O/c9-7-1-3-12(5-7)8(14)6-13-4-2-10-11-13/h2,4,7H,1,3,5-6,9H2/t7-/m0/s1. The van der Waals surface area contributed by atoms with E-state index in [1.54, 1.807) is 17.3 Å². The van der Waals surface area contributed by atoms with E-state index in [0.717, 1.165) is 13.0 Å². The highest BCUT2D eigenvalue weighted by Crippen LogP contribution is 2.07. The Balaban J connectivity index is 1.90. The van der Waals surface area contributed by atoms with Crippen LogP contribution in [0.2, 0.25) is 0 Å². The Morgan fingerprint density at radius 2 is 2.50 bits per heavy atom. The van der Waals surface area contributed by atoms with E-state index in [0.29, 0.717) is 6.54 Å². The smallest absolute Gasteiger partial charge is 0.244 e. The fraction of sp³-hybridized carbons (Fsp3) is 0.625. The van der Waals surface area contributed by atoms with Crippen LogP contribution < -0.4 is 5.73 Å². The van der Waals surface area contributed by atoms with Crippen molar-refractivity contribution in [1.82, 2.24) is 19.9 Å². The highest BCUT2D eigenvalue weighted by molar-refractivity contribution is 5.76. The van der Waals surface area contributed by atoms with Gasteiger partial charge in [-0.15, -0.1) is 5.10 Å². The number of hydrogen-bond donors (Lipinski definition) is 1. The van der Waals surface area contributed by atoms with Crippen LogP contribution in [0, 0.1) is 0 Å². The van der Waals surface area contributed by atoms with Gasteiger partial charge in [0, 0.05) is 25.3 Å². The van der Waals surface area contributed by atoms with E-state index in [4.69, 9.17) is 5.73 Å².